The van der Waals surface area contributed by atoms with Gasteiger partial charge in [-0.25, -0.2) is 0 Å². The van der Waals surface area contributed by atoms with Gasteiger partial charge in [0.1, 0.15) is 0 Å². The molecule has 0 aromatic heterocycles. The van der Waals surface area contributed by atoms with Crippen LogP contribution in [0.4, 0.5) is 0 Å². The van der Waals surface area contributed by atoms with E-state index in [4.69, 9.17) is 10.5 Å². The summed E-state index contributed by atoms with van der Waals surface area (Å²) >= 11 is 0. The van der Waals surface area contributed by atoms with Crippen LogP contribution in [0.1, 0.15) is 24.2 Å². The van der Waals surface area contributed by atoms with Gasteiger partial charge in [0, 0.05) is 45.3 Å². The highest BCUT2D eigenvalue weighted by molar-refractivity contribution is 5.31. The molecule has 2 heterocycles. The van der Waals surface area contributed by atoms with Gasteiger partial charge < -0.3 is 10.5 Å². The fraction of sp³-hybridized carbons (Fsp3) is 0.647. The molecule has 0 aliphatic carbocycles. The van der Waals surface area contributed by atoms with Crippen molar-refractivity contribution in [2.24, 2.45) is 5.73 Å². The Bertz CT molecular complexity index is 457. The number of fused-ring (bicyclic) bond motifs is 1. The van der Waals surface area contributed by atoms with Gasteiger partial charge in [0.2, 0.25) is 0 Å². The van der Waals surface area contributed by atoms with E-state index in [0.29, 0.717) is 6.04 Å². The van der Waals surface area contributed by atoms with Crippen LogP contribution in [0.25, 0.3) is 0 Å². The number of rotatable bonds is 4. The number of benzene rings is 1. The summed E-state index contributed by atoms with van der Waals surface area (Å²) < 4.78 is 6.03. The molecule has 2 unspecified atom stereocenters. The molecule has 0 radical (unpaired) electrons. The van der Waals surface area contributed by atoms with Gasteiger partial charge >= 0.3 is 0 Å². The third-order valence-electron chi connectivity index (χ3n) is 4.89. The first-order chi connectivity index (χ1) is 10.3. The second-order valence-electron chi connectivity index (χ2n) is 6.23. The highest BCUT2D eigenvalue weighted by atomic mass is 16.5. The summed E-state index contributed by atoms with van der Waals surface area (Å²) in [7, 11) is 0. The smallest absolute Gasteiger partial charge is 0.0954 e. The number of ether oxygens (including phenoxy) is 1. The molecule has 0 saturated carbocycles. The molecule has 2 atom stereocenters. The van der Waals surface area contributed by atoms with Crippen molar-refractivity contribution < 1.29 is 4.74 Å². The maximum atomic E-state index is 6.03. The van der Waals surface area contributed by atoms with Crippen LogP contribution in [-0.4, -0.2) is 61.7 Å². The van der Waals surface area contributed by atoms with E-state index in [0.717, 1.165) is 52.3 Å². The highest BCUT2D eigenvalue weighted by Gasteiger charge is 2.26. The van der Waals surface area contributed by atoms with E-state index in [-0.39, 0.29) is 6.10 Å². The Balaban J connectivity index is 1.57. The van der Waals surface area contributed by atoms with Gasteiger partial charge in [-0.15, -0.1) is 0 Å². The molecule has 2 aliphatic rings. The summed E-state index contributed by atoms with van der Waals surface area (Å²) in [5.74, 6) is 0. The molecular formula is C17H27N3O. The molecule has 3 rings (SSSR count). The van der Waals surface area contributed by atoms with Crippen LogP contribution in [-0.2, 0) is 11.2 Å². The molecular weight excluding hydrogens is 262 g/mol. The van der Waals surface area contributed by atoms with Crippen molar-refractivity contribution in [2.75, 3.05) is 45.9 Å². The molecule has 2 N–H and O–H groups in total. The Kier molecular flexibility index (Phi) is 4.91. The first kappa shape index (κ1) is 15.0. The summed E-state index contributed by atoms with van der Waals surface area (Å²) in [6, 6.07) is 9.23. The summed E-state index contributed by atoms with van der Waals surface area (Å²) in [5.41, 5.74) is 8.62. The Morgan fingerprint density at radius 2 is 2.00 bits per heavy atom. The zero-order valence-electron chi connectivity index (χ0n) is 13.0. The van der Waals surface area contributed by atoms with Crippen molar-refractivity contribution in [1.82, 2.24) is 9.80 Å². The van der Waals surface area contributed by atoms with Crippen LogP contribution in [0.3, 0.4) is 0 Å². The number of hydrogen-bond acceptors (Lipinski definition) is 4. The molecule has 1 aromatic carbocycles. The summed E-state index contributed by atoms with van der Waals surface area (Å²) in [6.07, 6.45) is 1.29. The SMILES string of the molecule is CC(CN)N1CCN(CC2OCCc3ccccc32)CC1. The molecule has 116 valence electrons. The topological polar surface area (TPSA) is 41.7 Å². The third-order valence-corrected chi connectivity index (χ3v) is 4.89. The first-order valence-electron chi connectivity index (χ1n) is 8.14. The lowest BCUT2D eigenvalue weighted by Gasteiger charge is -2.39. The van der Waals surface area contributed by atoms with Gasteiger partial charge in [-0.2, -0.15) is 0 Å². The van der Waals surface area contributed by atoms with E-state index in [1.807, 2.05) is 0 Å². The van der Waals surface area contributed by atoms with E-state index >= 15 is 0 Å². The number of nitrogens with two attached hydrogens (primary N) is 1. The molecule has 0 bridgehead atoms. The second-order valence-corrected chi connectivity index (χ2v) is 6.23. The monoisotopic (exact) mass is 289 g/mol. The first-order valence-corrected chi connectivity index (χ1v) is 8.14. The molecule has 4 nitrogen and oxygen atoms in total. The summed E-state index contributed by atoms with van der Waals surface area (Å²) in [6.45, 7) is 9.31. The van der Waals surface area contributed by atoms with Crippen LogP contribution < -0.4 is 5.73 Å². The molecule has 2 aliphatic heterocycles. The fourth-order valence-corrected chi connectivity index (χ4v) is 3.40. The van der Waals surface area contributed by atoms with Crippen molar-refractivity contribution in [2.45, 2.75) is 25.5 Å². The van der Waals surface area contributed by atoms with Crippen molar-refractivity contribution in [3.05, 3.63) is 35.4 Å². The highest BCUT2D eigenvalue weighted by Crippen LogP contribution is 2.27. The lowest BCUT2D eigenvalue weighted by molar-refractivity contribution is 0.00146. The van der Waals surface area contributed by atoms with Crippen molar-refractivity contribution in [1.29, 1.82) is 0 Å². The maximum absolute atomic E-state index is 6.03. The van der Waals surface area contributed by atoms with E-state index in [2.05, 4.69) is 41.0 Å². The van der Waals surface area contributed by atoms with Gasteiger partial charge in [0.05, 0.1) is 12.7 Å². The van der Waals surface area contributed by atoms with Gasteiger partial charge in [-0.05, 0) is 24.5 Å². The van der Waals surface area contributed by atoms with E-state index in [9.17, 15) is 0 Å². The van der Waals surface area contributed by atoms with Crippen molar-refractivity contribution in [3.8, 4) is 0 Å². The Labute approximate surface area is 127 Å². The predicted molar refractivity (Wildman–Crippen MR) is 85.4 cm³/mol. The molecule has 1 fully saturated rings. The quantitative estimate of drug-likeness (QED) is 0.906. The van der Waals surface area contributed by atoms with Crippen LogP contribution in [0, 0.1) is 0 Å². The van der Waals surface area contributed by atoms with Crippen molar-refractivity contribution in [3.63, 3.8) is 0 Å². The minimum atomic E-state index is 0.244. The minimum Gasteiger partial charge on any atom is -0.372 e. The van der Waals surface area contributed by atoms with Crippen LogP contribution >= 0.6 is 0 Å². The molecule has 0 spiro atoms. The molecule has 1 aromatic rings. The standard InChI is InChI=1S/C17H27N3O/c1-14(12-18)20-9-7-19(8-10-20)13-17-16-5-3-2-4-15(16)6-11-21-17/h2-5,14,17H,6-13,18H2,1H3. The molecule has 4 heteroatoms. The lowest BCUT2D eigenvalue weighted by atomic mass is 9.97. The van der Waals surface area contributed by atoms with Crippen LogP contribution in [0.5, 0.6) is 0 Å². The van der Waals surface area contributed by atoms with Crippen LogP contribution in [0.2, 0.25) is 0 Å². The Morgan fingerprint density at radius 3 is 2.76 bits per heavy atom. The molecule has 21 heavy (non-hydrogen) atoms. The average Bonchev–Trinajstić information content (AvgIpc) is 2.55. The summed E-state index contributed by atoms with van der Waals surface area (Å²) in [4.78, 5) is 5.03. The fourth-order valence-electron chi connectivity index (χ4n) is 3.40. The van der Waals surface area contributed by atoms with E-state index in [1.54, 1.807) is 0 Å². The Hall–Kier alpha value is -0.940. The maximum Gasteiger partial charge on any atom is 0.0954 e. The van der Waals surface area contributed by atoms with E-state index < -0.39 is 0 Å². The number of nitrogens with zero attached hydrogens (tertiary/aromatic N) is 2. The van der Waals surface area contributed by atoms with Gasteiger partial charge in [-0.3, -0.25) is 9.80 Å². The predicted octanol–water partition coefficient (Wildman–Crippen LogP) is 1.27. The molecule has 1 saturated heterocycles. The normalized spacial score (nSPS) is 25.5. The zero-order chi connectivity index (χ0) is 14.7. The third kappa shape index (κ3) is 3.46. The minimum absolute atomic E-state index is 0.244. The van der Waals surface area contributed by atoms with Gasteiger partial charge in [-0.1, -0.05) is 24.3 Å². The zero-order valence-corrected chi connectivity index (χ0v) is 13.0. The lowest BCUT2D eigenvalue weighted by Crippen LogP contribution is -2.52. The van der Waals surface area contributed by atoms with Gasteiger partial charge in [0.25, 0.3) is 0 Å². The average molecular weight is 289 g/mol. The largest absolute Gasteiger partial charge is 0.372 e. The number of hydrogen-bond donors (Lipinski definition) is 1. The van der Waals surface area contributed by atoms with E-state index in [1.165, 1.54) is 11.1 Å². The van der Waals surface area contributed by atoms with Crippen LogP contribution in [0.15, 0.2) is 24.3 Å². The summed E-state index contributed by atoms with van der Waals surface area (Å²) in [5, 5.41) is 0. The van der Waals surface area contributed by atoms with Crippen molar-refractivity contribution >= 4 is 0 Å². The second kappa shape index (κ2) is 6.88. The van der Waals surface area contributed by atoms with Gasteiger partial charge in [0.15, 0.2) is 0 Å². The number of piperazine rings is 1. The Morgan fingerprint density at radius 1 is 1.24 bits per heavy atom. The molecule has 0 amide bonds.